The Balaban J connectivity index is 4.32. The van der Waals surface area contributed by atoms with Crippen LogP contribution in [0.15, 0.2) is 85.1 Å². The molecular formula is C71H124O6. The van der Waals surface area contributed by atoms with Crippen molar-refractivity contribution in [1.82, 2.24) is 0 Å². The maximum absolute atomic E-state index is 12.9. The lowest BCUT2D eigenvalue weighted by molar-refractivity contribution is -0.167. The van der Waals surface area contributed by atoms with E-state index in [-0.39, 0.29) is 31.1 Å². The van der Waals surface area contributed by atoms with E-state index in [0.717, 1.165) is 109 Å². The van der Waals surface area contributed by atoms with Crippen molar-refractivity contribution in [3.05, 3.63) is 85.1 Å². The van der Waals surface area contributed by atoms with Crippen molar-refractivity contribution in [2.45, 2.75) is 335 Å². The molecule has 0 aromatic rings. The summed E-state index contributed by atoms with van der Waals surface area (Å²) < 4.78 is 16.9. The zero-order valence-corrected chi connectivity index (χ0v) is 51.0. The summed E-state index contributed by atoms with van der Waals surface area (Å²) in [5.74, 6) is -0.887. The van der Waals surface area contributed by atoms with E-state index < -0.39 is 6.10 Å². The lowest BCUT2D eigenvalue weighted by Gasteiger charge is -2.18. The Bertz CT molecular complexity index is 1470. The van der Waals surface area contributed by atoms with Gasteiger partial charge in [0.15, 0.2) is 6.10 Å². The molecule has 0 heterocycles. The van der Waals surface area contributed by atoms with Crippen molar-refractivity contribution < 1.29 is 28.6 Å². The molecule has 6 nitrogen and oxygen atoms in total. The van der Waals surface area contributed by atoms with Crippen LogP contribution in [-0.2, 0) is 28.6 Å². The molecule has 0 saturated carbocycles. The summed E-state index contributed by atoms with van der Waals surface area (Å²) in [7, 11) is 0. The van der Waals surface area contributed by atoms with E-state index in [1.54, 1.807) is 0 Å². The molecule has 0 aromatic carbocycles. The fourth-order valence-corrected chi connectivity index (χ4v) is 9.40. The van der Waals surface area contributed by atoms with Crippen molar-refractivity contribution >= 4 is 17.9 Å². The van der Waals surface area contributed by atoms with Gasteiger partial charge < -0.3 is 14.2 Å². The van der Waals surface area contributed by atoms with Crippen LogP contribution in [0.2, 0.25) is 0 Å². The van der Waals surface area contributed by atoms with Gasteiger partial charge in [-0.1, -0.05) is 279 Å². The first kappa shape index (κ1) is 73.6. The number of ether oxygens (including phenoxy) is 3. The second kappa shape index (κ2) is 65.1. The molecule has 0 aromatic heterocycles. The average molecular weight is 1070 g/mol. The second-order valence-electron chi connectivity index (χ2n) is 22.0. The molecule has 1 atom stereocenters. The predicted molar refractivity (Wildman–Crippen MR) is 334 cm³/mol. The summed E-state index contributed by atoms with van der Waals surface area (Å²) in [6.07, 6.45) is 85.9. The van der Waals surface area contributed by atoms with Gasteiger partial charge in [0.05, 0.1) is 0 Å². The normalized spacial score (nSPS) is 12.6. The van der Waals surface area contributed by atoms with E-state index in [1.165, 1.54) is 180 Å². The number of hydrogen-bond acceptors (Lipinski definition) is 6. The van der Waals surface area contributed by atoms with Gasteiger partial charge in [0.1, 0.15) is 13.2 Å². The van der Waals surface area contributed by atoms with Crippen LogP contribution in [-0.4, -0.2) is 37.2 Å². The van der Waals surface area contributed by atoms with E-state index in [4.69, 9.17) is 14.2 Å². The topological polar surface area (TPSA) is 78.9 Å². The number of allylic oxidation sites excluding steroid dienone is 14. The Labute approximate surface area is 477 Å². The summed E-state index contributed by atoms with van der Waals surface area (Å²) in [4.78, 5) is 38.3. The van der Waals surface area contributed by atoms with E-state index in [1.807, 2.05) is 0 Å². The van der Waals surface area contributed by atoms with Crippen LogP contribution in [0.5, 0.6) is 0 Å². The van der Waals surface area contributed by atoms with Gasteiger partial charge in [-0.15, -0.1) is 0 Å². The van der Waals surface area contributed by atoms with Crippen LogP contribution >= 0.6 is 0 Å². The summed E-state index contributed by atoms with van der Waals surface area (Å²) in [5.41, 5.74) is 0. The van der Waals surface area contributed by atoms with Crippen molar-refractivity contribution in [3.8, 4) is 0 Å². The molecule has 0 radical (unpaired) electrons. The Morgan fingerprint density at radius 1 is 0.273 bits per heavy atom. The Morgan fingerprint density at radius 3 is 0.805 bits per heavy atom. The summed E-state index contributed by atoms with van der Waals surface area (Å²) >= 11 is 0. The maximum Gasteiger partial charge on any atom is 0.306 e. The van der Waals surface area contributed by atoms with E-state index in [2.05, 4.69) is 106 Å². The predicted octanol–water partition coefficient (Wildman–Crippen LogP) is 22.7. The molecule has 1 unspecified atom stereocenters. The SMILES string of the molecule is CC/C=C\C/C=C\C/C=C\C/C=C\C/C=C\CCCCCCCCCCCCCC(=O)OCC(COC(=O)CCCCCCC/C=C\CCCCCCCCC)OC(=O)CCCCCCC/C=C\CCCCCCCCC. The van der Waals surface area contributed by atoms with E-state index in [0.29, 0.717) is 19.3 Å². The fourth-order valence-electron chi connectivity index (χ4n) is 9.40. The van der Waals surface area contributed by atoms with Crippen LogP contribution in [0, 0.1) is 0 Å². The number of carbonyl (C=O) groups is 3. The lowest BCUT2D eigenvalue weighted by atomic mass is 10.0. The monoisotopic (exact) mass is 1070 g/mol. The molecule has 0 aliphatic heterocycles. The van der Waals surface area contributed by atoms with Gasteiger partial charge in [0, 0.05) is 19.3 Å². The molecule has 0 saturated heterocycles. The third-order valence-electron chi connectivity index (χ3n) is 14.4. The quantitative estimate of drug-likeness (QED) is 0.0261. The van der Waals surface area contributed by atoms with Crippen molar-refractivity contribution in [2.75, 3.05) is 13.2 Å². The minimum atomic E-state index is -0.786. The number of esters is 3. The van der Waals surface area contributed by atoms with Crippen LogP contribution in [0.25, 0.3) is 0 Å². The Hall–Kier alpha value is -3.41. The molecule has 0 aliphatic carbocycles. The first-order valence-corrected chi connectivity index (χ1v) is 33.1. The van der Waals surface area contributed by atoms with Crippen LogP contribution in [0.3, 0.4) is 0 Å². The highest BCUT2D eigenvalue weighted by Gasteiger charge is 2.19. The summed E-state index contributed by atoms with van der Waals surface area (Å²) in [5, 5.41) is 0. The molecule has 444 valence electrons. The number of hydrogen-bond donors (Lipinski definition) is 0. The number of unbranched alkanes of at least 4 members (excludes halogenated alkanes) is 35. The molecule has 0 aliphatic rings. The van der Waals surface area contributed by atoms with Gasteiger partial charge in [0.25, 0.3) is 0 Å². The molecule has 6 heteroatoms. The minimum Gasteiger partial charge on any atom is -0.462 e. The smallest absolute Gasteiger partial charge is 0.306 e. The van der Waals surface area contributed by atoms with Crippen molar-refractivity contribution in [1.29, 1.82) is 0 Å². The molecule has 0 fully saturated rings. The second-order valence-corrected chi connectivity index (χ2v) is 22.0. The first-order chi connectivity index (χ1) is 38.0. The van der Waals surface area contributed by atoms with Crippen LogP contribution in [0.4, 0.5) is 0 Å². The van der Waals surface area contributed by atoms with Gasteiger partial charge in [0.2, 0.25) is 0 Å². The molecule has 0 N–H and O–H groups in total. The maximum atomic E-state index is 12.9. The summed E-state index contributed by atoms with van der Waals surface area (Å²) in [6, 6.07) is 0. The zero-order chi connectivity index (χ0) is 55.7. The van der Waals surface area contributed by atoms with E-state index in [9.17, 15) is 14.4 Å². The highest BCUT2D eigenvalue weighted by atomic mass is 16.6. The molecule has 0 spiro atoms. The van der Waals surface area contributed by atoms with E-state index >= 15 is 0 Å². The average Bonchev–Trinajstić information content (AvgIpc) is 3.43. The highest BCUT2D eigenvalue weighted by Crippen LogP contribution is 2.16. The molecular weight excluding hydrogens is 949 g/mol. The number of carbonyl (C=O) groups excluding carboxylic acids is 3. The van der Waals surface area contributed by atoms with Crippen molar-refractivity contribution in [2.24, 2.45) is 0 Å². The fraction of sp³-hybridized carbons (Fsp3) is 0.761. The largest absolute Gasteiger partial charge is 0.462 e. The third-order valence-corrected chi connectivity index (χ3v) is 14.4. The Kier molecular flexibility index (Phi) is 62.2. The Morgan fingerprint density at radius 2 is 0.506 bits per heavy atom. The molecule has 0 rings (SSSR count). The molecule has 0 bridgehead atoms. The van der Waals surface area contributed by atoms with Crippen LogP contribution in [0.1, 0.15) is 329 Å². The standard InChI is InChI=1S/C71H124O6/c1-4-7-10-13-16-19-22-25-28-31-32-33-34-35-36-37-38-39-40-41-44-46-49-52-55-58-61-64-70(73)76-67-68(77-71(74)65-62-59-56-53-50-47-43-30-27-24-21-18-15-12-9-6-3)66-75-69(72)63-60-57-54-51-48-45-42-29-26-23-20-17-14-11-8-5-2/h7,10,16,19,25,28-30,32-33,35-36,42-43,68H,4-6,8-9,11-15,17-18,20-24,26-27,31,34,37-41,44-67H2,1-3H3/b10-7-,19-16-,28-25-,33-32-,36-35-,42-29-,43-30-. The summed E-state index contributed by atoms with van der Waals surface area (Å²) in [6.45, 7) is 6.54. The van der Waals surface area contributed by atoms with Gasteiger partial charge >= 0.3 is 17.9 Å². The third kappa shape index (κ3) is 63.3. The lowest BCUT2D eigenvalue weighted by Crippen LogP contribution is -2.30. The van der Waals surface area contributed by atoms with Crippen LogP contribution < -0.4 is 0 Å². The number of rotatable bonds is 60. The van der Waals surface area contributed by atoms with Gasteiger partial charge in [-0.05, 0) is 116 Å². The molecule has 77 heavy (non-hydrogen) atoms. The van der Waals surface area contributed by atoms with Crippen molar-refractivity contribution in [3.63, 3.8) is 0 Å². The van der Waals surface area contributed by atoms with Gasteiger partial charge in [-0.3, -0.25) is 14.4 Å². The zero-order valence-electron chi connectivity index (χ0n) is 51.0. The minimum absolute atomic E-state index is 0.0821. The molecule has 0 amide bonds. The van der Waals surface area contributed by atoms with Gasteiger partial charge in [-0.2, -0.15) is 0 Å². The first-order valence-electron chi connectivity index (χ1n) is 33.1. The van der Waals surface area contributed by atoms with Gasteiger partial charge in [-0.25, -0.2) is 0 Å². The highest BCUT2D eigenvalue weighted by molar-refractivity contribution is 5.71.